The van der Waals surface area contributed by atoms with Gasteiger partial charge in [-0.2, -0.15) is 0 Å². The molecule has 4 heteroatoms. The average molecular weight is 268 g/mol. The molecule has 2 atom stereocenters. The Hall–Kier alpha value is -0.610. The lowest BCUT2D eigenvalue weighted by atomic mass is 9.89. The molecule has 0 radical (unpaired) electrons. The van der Waals surface area contributed by atoms with E-state index in [9.17, 15) is 4.79 Å². The Morgan fingerprint density at radius 2 is 2.32 bits per heavy atom. The number of hydrogen-bond donors (Lipinski definition) is 1. The Morgan fingerprint density at radius 3 is 2.89 bits per heavy atom. The molecular formula is C15H28N2O2. The van der Waals surface area contributed by atoms with Crippen LogP contribution in [-0.4, -0.2) is 49.7 Å². The van der Waals surface area contributed by atoms with Crippen molar-refractivity contribution >= 4 is 5.91 Å². The Morgan fingerprint density at radius 1 is 1.47 bits per heavy atom. The lowest BCUT2D eigenvalue weighted by molar-refractivity contribution is -0.138. The number of nitrogens with zero attached hydrogens (tertiary/aromatic N) is 1. The maximum absolute atomic E-state index is 12.8. The quantitative estimate of drug-likeness (QED) is 0.826. The molecule has 110 valence electrons. The lowest BCUT2D eigenvalue weighted by Crippen LogP contribution is -2.54. The summed E-state index contributed by atoms with van der Waals surface area (Å²) < 4.78 is 5.51. The molecule has 0 aliphatic carbocycles. The summed E-state index contributed by atoms with van der Waals surface area (Å²) in [6.07, 6.45) is 6.44. The molecule has 2 rings (SSSR count). The Balaban J connectivity index is 1.92. The third-order valence-corrected chi connectivity index (χ3v) is 4.46. The highest BCUT2D eigenvalue weighted by Gasteiger charge is 2.41. The molecular weight excluding hydrogens is 240 g/mol. The van der Waals surface area contributed by atoms with Gasteiger partial charge in [-0.3, -0.25) is 4.79 Å². The minimum atomic E-state index is -0.279. The van der Waals surface area contributed by atoms with Crippen LogP contribution in [0.2, 0.25) is 0 Å². The summed E-state index contributed by atoms with van der Waals surface area (Å²) in [5.41, 5.74) is -0.279. The van der Waals surface area contributed by atoms with Gasteiger partial charge in [-0.05, 0) is 44.6 Å². The summed E-state index contributed by atoms with van der Waals surface area (Å²) in [5, 5.41) is 3.47. The van der Waals surface area contributed by atoms with Gasteiger partial charge in [0.25, 0.3) is 0 Å². The van der Waals surface area contributed by atoms with Crippen LogP contribution in [0, 0.1) is 5.92 Å². The van der Waals surface area contributed by atoms with Crippen molar-refractivity contribution in [1.82, 2.24) is 10.2 Å². The van der Waals surface area contributed by atoms with Crippen LogP contribution in [-0.2, 0) is 9.53 Å². The van der Waals surface area contributed by atoms with Crippen molar-refractivity contribution in [2.45, 2.75) is 51.0 Å². The third-order valence-electron chi connectivity index (χ3n) is 4.46. The first-order chi connectivity index (χ1) is 9.18. The number of carbonyl (C=O) groups excluding carboxylic acids is 1. The Bertz CT molecular complexity index is 295. The summed E-state index contributed by atoms with van der Waals surface area (Å²) in [6.45, 7) is 5.67. The first-order valence-electron chi connectivity index (χ1n) is 7.76. The molecule has 2 saturated heterocycles. The third kappa shape index (κ3) is 3.48. The van der Waals surface area contributed by atoms with Gasteiger partial charge in [0, 0.05) is 20.2 Å². The molecule has 0 aromatic rings. The summed E-state index contributed by atoms with van der Waals surface area (Å²) in [5.74, 6) is 0.806. The van der Waals surface area contributed by atoms with E-state index >= 15 is 0 Å². The molecule has 0 spiro atoms. The monoisotopic (exact) mass is 268 g/mol. The summed E-state index contributed by atoms with van der Waals surface area (Å²) in [7, 11) is 1.95. The maximum Gasteiger partial charge on any atom is 0.242 e. The molecule has 1 N–H and O–H groups in total. The van der Waals surface area contributed by atoms with E-state index in [-0.39, 0.29) is 11.4 Å². The normalized spacial score (nSPS) is 31.4. The number of rotatable bonds is 5. The van der Waals surface area contributed by atoms with Gasteiger partial charge in [0.1, 0.15) is 0 Å². The van der Waals surface area contributed by atoms with Gasteiger partial charge in [-0.25, -0.2) is 0 Å². The smallest absolute Gasteiger partial charge is 0.242 e. The highest BCUT2D eigenvalue weighted by molar-refractivity contribution is 5.86. The zero-order chi connectivity index (χ0) is 13.7. The van der Waals surface area contributed by atoms with Crippen LogP contribution >= 0.6 is 0 Å². The van der Waals surface area contributed by atoms with E-state index in [0.717, 1.165) is 58.4 Å². The van der Waals surface area contributed by atoms with Crippen molar-refractivity contribution in [3.8, 4) is 0 Å². The van der Waals surface area contributed by atoms with Crippen LogP contribution < -0.4 is 5.32 Å². The highest BCUT2D eigenvalue weighted by Crippen LogP contribution is 2.27. The second-order valence-electron chi connectivity index (χ2n) is 6.13. The summed E-state index contributed by atoms with van der Waals surface area (Å²) in [4.78, 5) is 14.7. The first kappa shape index (κ1) is 14.8. The molecule has 4 nitrogen and oxygen atoms in total. The van der Waals surface area contributed by atoms with Gasteiger partial charge in [0.2, 0.25) is 5.91 Å². The predicted octanol–water partition coefficient (Wildman–Crippen LogP) is 1.79. The van der Waals surface area contributed by atoms with Crippen molar-refractivity contribution in [3.05, 3.63) is 0 Å². The number of carbonyl (C=O) groups is 1. The number of ether oxygens (including phenoxy) is 1. The molecule has 1 amide bonds. The Kier molecular flexibility index (Phi) is 5.22. The molecule has 2 unspecified atom stereocenters. The maximum atomic E-state index is 12.8. The molecule has 2 aliphatic heterocycles. The molecule has 2 fully saturated rings. The molecule has 19 heavy (non-hydrogen) atoms. The minimum Gasteiger partial charge on any atom is -0.381 e. The molecule has 0 aromatic heterocycles. The number of nitrogens with one attached hydrogen (secondary N) is 1. The van der Waals surface area contributed by atoms with Crippen LogP contribution in [0.3, 0.4) is 0 Å². The fourth-order valence-electron chi connectivity index (χ4n) is 3.52. The van der Waals surface area contributed by atoms with E-state index in [2.05, 4.69) is 12.2 Å². The van der Waals surface area contributed by atoms with E-state index in [1.54, 1.807) is 0 Å². The molecule has 0 bridgehead atoms. The van der Waals surface area contributed by atoms with E-state index in [0.29, 0.717) is 5.92 Å². The Labute approximate surface area is 116 Å². The van der Waals surface area contributed by atoms with Crippen LogP contribution in [0.15, 0.2) is 0 Å². The van der Waals surface area contributed by atoms with Gasteiger partial charge >= 0.3 is 0 Å². The van der Waals surface area contributed by atoms with Crippen molar-refractivity contribution in [2.75, 3.05) is 33.4 Å². The number of hydrogen-bond acceptors (Lipinski definition) is 3. The lowest BCUT2D eigenvalue weighted by Gasteiger charge is -2.35. The van der Waals surface area contributed by atoms with E-state index < -0.39 is 0 Å². The average Bonchev–Trinajstić information content (AvgIpc) is 2.89. The van der Waals surface area contributed by atoms with E-state index in [1.807, 2.05) is 11.9 Å². The van der Waals surface area contributed by atoms with Gasteiger partial charge in [-0.1, -0.05) is 13.3 Å². The van der Waals surface area contributed by atoms with Crippen molar-refractivity contribution < 1.29 is 9.53 Å². The van der Waals surface area contributed by atoms with Gasteiger partial charge in [-0.15, -0.1) is 0 Å². The van der Waals surface area contributed by atoms with E-state index in [4.69, 9.17) is 4.74 Å². The fraction of sp³-hybridized carbons (Fsp3) is 0.933. The van der Waals surface area contributed by atoms with Crippen molar-refractivity contribution in [2.24, 2.45) is 5.92 Å². The largest absolute Gasteiger partial charge is 0.381 e. The van der Waals surface area contributed by atoms with Crippen LogP contribution in [0.25, 0.3) is 0 Å². The highest BCUT2D eigenvalue weighted by atomic mass is 16.5. The van der Waals surface area contributed by atoms with Gasteiger partial charge < -0.3 is 15.0 Å². The number of amides is 1. The summed E-state index contributed by atoms with van der Waals surface area (Å²) >= 11 is 0. The van der Waals surface area contributed by atoms with Crippen LogP contribution in [0.4, 0.5) is 0 Å². The molecule has 0 aromatic carbocycles. The number of likely N-dealkylation sites (N-methyl/N-ethyl adjacent to an activating group) is 1. The van der Waals surface area contributed by atoms with Crippen molar-refractivity contribution in [3.63, 3.8) is 0 Å². The van der Waals surface area contributed by atoms with Crippen LogP contribution in [0.5, 0.6) is 0 Å². The summed E-state index contributed by atoms with van der Waals surface area (Å²) in [6, 6.07) is 0. The van der Waals surface area contributed by atoms with Crippen molar-refractivity contribution in [1.29, 1.82) is 0 Å². The standard InChI is InChI=1S/C15H28N2O2/c1-3-7-15(8-5-9-16-15)14(18)17(2)11-13-6-4-10-19-12-13/h13,16H,3-12H2,1-2H3. The molecule has 2 aliphatic rings. The SMILES string of the molecule is CCCC1(C(=O)N(C)CC2CCCOC2)CCCN1. The minimum absolute atomic E-state index is 0.279. The second kappa shape index (κ2) is 6.71. The predicted molar refractivity (Wildman–Crippen MR) is 76.1 cm³/mol. The van der Waals surface area contributed by atoms with Crippen LogP contribution in [0.1, 0.15) is 45.4 Å². The first-order valence-corrected chi connectivity index (χ1v) is 7.76. The molecule has 0 saturated carbocycles. The van der Waals surface area contributed by atoms with Gasteiger partial charge in [0.15, 0.2) is 0 Å². The zero-order valence-corrected chi connectivity index (χ0v) is 12.4. The fourth-order valence-corrected chi connectivity index (χ4v) is 3.52. The molecule has 2 heterocycles. The zero-order valence-electron chi connectivity index (χ0n) is 12.4. The topological polar surface area (TPSA) is 41.6 Å². The second-order valence-corrected chi connectivity index (χ2v) is 6.13. The van der Waals surface area contributed by atoms with Gasteiger partial charge in [0.05, 0.1) is 12.1 Å². The van der Waals surface area contributed by atoms with E-state index in [1.165, 1.54) is 6.42 Å².